The maximum Gasteiger partial charge on any atom is 0.348 e. The fraction of sp³-hybridized carbons (Fsp3) is 0.289. The normalized spacial score (nSPS) is 11.2. The molecule has 0 radical (unpaired) electrons. The van der Waals surface area contributed by atoms with E-state index in [2.05, 4.69) is 217 Å². The lowest BCUT2D eigenvalue weighted by atomic mass is 9.89. The molecule has 12 aromatic rings. The van der Waals surface area contributed by atoms with Gasteiger partial charge in [-0.2, -0.15) is 4.57 Å². The highest BCUT2D eigenvalue weighted by Crippen LogP contribution is 2.37. The SMILES string of the molecule is Cc1cc(C)c(-c2cccc(-c3nccn3C)c2C)c(C)c1.Cc1ccccc1-c1cccc(-c2nccn2C)c1C.Cc1nc(-c2ccnc(-c3cccc[n+]3C)c2C)n(C)c1C.Cc1nc(-c2nc(C(C)(C)C)c(C)n2C)c(C)c(-c2nccc[n+]2C)n1. The van der Waals surface area contributed by atoms with Crippen LogP contribution in [0.15, 0.2) is 153 Å². The third kappa shape index (κ3) is 13.3. The summed E-state index contributed by atoms with van der Waals surface area (Å²) in [6.07, 6.45) is 15.3. The molecule has 0 N–H and O–H groups in total. The van der Waals surface area contributed by atoms with Crippen molar-refractivity contribution in [2.24, 2.45) is 42.3 Å². The molecule has 12 rings (SSSR count). The number of rotatable bonds is 8. The lowest BCUT2D eigenvalue weighted by molar-refractivity contribution is -0.663. The second-order valence-corrected chi connectivity index (χ2v) is 24.8. The van der Waals surface area contributed by atoms with Gasteiger partial charge < -0.3 is 18.3 Å². The summed E-state index contributed by atoms with van der Waals surface area (Å²) in [6.45, 7) is 31.9. The smallest absolute Gasteiger partial charge is 0.334 e. The van der Waals surface area contributed by atoms with E-state index in [1.165, 1.54) is 72.5 Å². The third-order valence-corrected chi connectivity index (χ3v) is 17.2. The number of nitrogens with zero attached hydrogens (tertiary/aromatic N) is 14. The first-order valence-corrected chi connectivity index (χ1v) is 30.7. The second kappa shape index (κ2) is 26.9. The minimum atomic E-state index is -0.0215. The summed E-state index contributed by atoms with van der Waals surface area (Å²) in [5, 5.41) is 0. The summed E-state index contributed by atoms with van der Waals surface area (Å²) in [5.41, 5.74) is 27.0. The van der Waals surface area contributed by atoms with Crippen LogP contribution in [0.2, 0.25) is 0 Å². The number of hydrogen-bond acceptors (Lipinski definition) is 8. The molecular weight excluding hydrogens is 1110 g/mol. The lowest BCUT2D eigenvalue weighted by Crippen LogP contribution is -2.32. The summed E-state index contributed by atoms with van der Waals surface area (Å²) in [4.78, 5) is 37.2. The van der Waals surface area contributed by atoms with Gasteiger partial charge in [-0.25, -0.2) is 39.5 Å². The van der Waals surface area contributed by atoms with Crippen LogP contribution in [0.4, 0.5) is 0 Å². The molecular formula is C76H88N14+2. The van der Waals surface area contributed by atoms with Crippen molar-refractivity contribution in [3.63, 3.8) is 0 Å². The van der Waals surface area contributed by atoms with E-state index in [4.69, 9.17) is 15.0 Å². The largest absolute Gasteiger partial charge is 0.348 e. The van der Waals surface area contributed by atoms with Crippen molar-refractivity contribution in [3.05, 3.63) is 226 Å². The van der Waals surface area contributed by atoms with E-state index < -0.39 is 0 Å². The van der Waals surface area contributed by atoms with E-state index in [1.54, 1.807) is 6.20 Å². The summed E-state index contributed by atoms with van der Waals surface area (Å²) in [7, 11) is 12.2. The number of pyridine rings is 2. The van der Waals surface area contributed by atoms with Crippen molar-refractivity contribution in [3.8, 4) is 90.8 Å². The molecule has 4 aromatic carbocycles. The Morgan fingerprint density at radius 2 is 0.944 bits per heavy atom. The van der Waals surface area contributed by atoms with Crippen molar-refractivity contribution in [1.29, 1.82) is 0 Å². The van der Waals surface area contributed by atoms with Gasteiger partial charge in [-0.3, -0.25) is 0 Å². The number of aryl methyl sites for hydroxylation is 10. The average Bonchev–Trinajstić information content (AvgIpc) is 1.75. The molecule has 0 spiro atoms. The summed E-state index contributed by atoms with van der Waals surface area (Å²) >= 11 is 0. The molecule has 0 amide bonds. The number of imidazole rings is 4. The van der Waals surface area contributed by atoms with Crippen LogP contribution >= 0.6 is 0 Å². The first-order chi connectivity index (χ1) is 42.8. The Bertz CT molecular complexity index is 4550. The molecule has 0 aliphatic heterocycles. The Morgan fingerprint density at radius 1 is 0.400 bits per heavy atom. The first-order valence-electron chi connectivity index (χ1n) is 30.7. The van der Waals surface area contributed by atoms with Gasteiger partial charge in [-0.1, -0.05) is 99.1 Å². The van der Waals surface area contributed by atoms with Crippen molar-refractivity contribution in [1.82, 2.24) is 58.1 Å². The predicted octanol–water partition coefficient (Wildman–Crippen LogP) is 15.2. The quantitative estimate of drug-likeness (QED) is 0.138. The van der Waals surface area contributed by atoms with Gasteiger partial charge in [0, 0.05) is 116 Å². The highest BCUT2D eigenvalue weighted by Gasteiger charge is 2.28. The highest BCUT2D eigenvalue weighted by molar-refractivity contribution is 5.80. The van der Waals surface area contributed by atoms with E-state index in [9.17, 15) is 0 Å². The predicted molar refractivity (Wildman–Crippen MR) is 365 cm³/mol. The zero-order valence-electron chi connectivity index (χ0n) is 56.7. The van der Waals surface area contributed by atoms with E-state index >= 15 is 0 Å². The minimum Gasteiger partial charge on any atom is -0.334 e. The molecule has 0 saturated carbocycles. The fourth-order valence-electron chi connectivity index (χ4n) is 12.0. The van der Waals surface area contributed by atoms with E-state index in [1.807, 2.05) is 128 Å². The Hall–Kier alpha value is -9.82. The maximum absolute atomic E-state index is 4.96. The van der Waals surface area contributed by atoms with Gasteiger partial charge in [0.25, 0.3) is 0 Å². The van der Waals surface area contributed by atoms with Gasteiger partial charge >= 0.3 is 5.82 Å². The van der Waals surface area contributed by atoms with Crippen LogP contribution in [0, 0.1) is 83.1 Å². The Labute approximate surface area is 532 Å². The maximum atomic E-state index is 4.96. The molecule has 0 aliphatic rings. The van der Waals surface area contributed by atoms with Crippen LogP contribution in [0.1, 0.15) is 93.9 Å². The minimum absolute atomic E-state index is 0.0215. The number of aromatic nitrogens is 14. The number of hydrogen-bond donors (Lipinski definition) is 0. The molecule has 0 fully saturated rings. The van der Waals surface area contributed by atoms with Crippen molar-refractivity contribution in [2.45, 2.75) is 109 Å². The van der Waals surface area contributed by atoms with Crippen LogP contribution in [-0.4, -0.2) is 58.1 Å². The van der Waals surface area contributed by atoms with Crippen LogP contribution in [0.3, 0.4) is 0 Å². The molecule has 0 saturated heterocycles. The Balaban J connectivity index is 0.000000143. The van der Waals surface area contributed by atoms with Gasteiger partial charge in [0.05, 0.1) is 24.6 Å². The molecule has 14 nitrogen and oxygen atoms in total. The van der Waals surface area contributed by atoms with Gasteiger partial charge in [-0.15, -0.1) is 0 Å². The summed E-state index contributed by atoms with van der Waals surface area (Å²) in [5.74, 6) is 5.42. The fourth-order valence-corrected chi connectivity index (χ4v) is 12.0. The molecule has 0 atom stereocenters. The molecule has 8 aromatic heterocycles. The van der Waals surface area contributed by atoms with E-state index in [0.29, 0.717) is 5.82 Å². The van der Waals surface area contributed by atoms with E-state index in [0.717, 1.165) is 85.7 Å². The Morgan fingerprint density at radius 3 is 1.50 bits per heavy atom. The standard InChI is InChI=1S/C20H27N6.C20H22N2.C18H21N4.C18H18N2/c1-12-15(18-21-10-9-11-25(18)7)22-14(3)23-16(12)19-24-17(20(4,5)6)13(2)26(19)8;1-13-11-14(2)19(15(3)12-13)17-7-6-8-18(16(17)4)20-21-9-10-22(20)5;1-12-15(18-20-13(2)14(3)22(18)5)9-10-19-17(12)16-8-6-7-11-21(16)4;1-13-7-4-5-8-15(13)16-9-6-10-17(14(16)2)18-19-11-12-20(18)3/h9-11H,1-8H3;6-12H,1-5H3;6-11H,1-5H3;4-12H,1-3H3/q+1;;+1;. The number of benzene rings is 4. The monoisotopic (exact) mass is 1200 g/mol. The van der Waals surface area contributed by atoms with Crippen LogP contribution in [0.5, 0.6) is 0 Å². The molecule has 0 aliphatic carbocycles. The van der Waals surface area contributed by atoms with Crippen LogP contribution < -0.4 is 9.13 Å². The molecule has 0 unspecified atom stereocenters. The third-order valence-electron chi connectivity index (χ3n) is 17.2. The topological polar surface area (TPSA) is 131 Å². The molecule has 460 valence electrons. The van der Waals surface area contributed by atoms with Gasteiger partial charge in [-0.05, 0) is 156 Å². The zero-order valence-corrected chi connectivity index (χ0v) is 56.7. The van der Waals surface area contributed by atoms with E-state index in [-0.39, 0.29) is 5.41 Å². The molecule has 90 heavy (non-hydrogen) atoms. The molecule has 8 heterocycles. The molecule has 0 bridgehead atoms. The Kier molecular flexibility index (Phi) is 19.3. The van der Waals surface area contributed by atoms with Crippen molar-refractivity contribution in [2.75, 3.05) is 0 Å². The van der Waals surface area contributed by atoms with Crippen LogP contribution in [-0.2, 0) is 47.7 Å². The van der Waals surface area contributed by atoms with Crippen LogP contribution in [0.25, 0.3) is 90.8 Å². The summed E-state index contributed by atoms with van der Waals surface area (Å²) in [6, 6.07) is 36.1. The highest BCUT2D eigenvalue weighted by atomic mass is 15.1. The van der Waals surface area contributed by atoms with Crippen molar-refractivity contribution < 1.29 is 9.13 Å². The molecule has 14 heteroatoms. The van der Waals surface area contributed by atoms with Gasteiger partial charge in [0.2, 0.25) is 5.69 Å². The average molecular weight is 1200 g/mol. The van der Waals surface area contributed by atoms with Gasteiger partial charge in [0.15, 0.2) is 17.7 Å². The van der Waals surface area contributed by atoms with Gasteiger partial charge in [0.1, 0.15) is 47.9 Å². The zero-order chi connectivity index (χ0) is 65.0. The summed E-state index contributed by atoms with van der Waals surface area (Å²) < 4.78 is 12.5. The van der Waals surface area contributed by atoms with Crippen molar-refractivity contribution >= 4 is 0 Å². The second-order valence-electron chi connectivity index (χ2n) is 24.8. The lowest BCUT2D eigenvalue weighted by Gasteiger charge is -2.16. The first kappa shape index (κ1) is 64.6.